The molecular formula is C26H25N5O3. The average Bonchev–Trinajstić information content (AvgIpc) is 3.60. The zero-order valence-corrected chi connectivity index (χ0v) is 19.1. The first-order valence-corrected chi connectivity index (χ1v) is 11.3. The molecule has 0 saturated carbocycles. The van der Waals surface area contributed by atoms with Gasteiger partial charge in [0.15, 0.2) is 0 Å². The van der Waals surface area contributed by atoms with Crippen LogP contribution in [0, 0.1) is 11.8 Å². The number of alkyl carbamates (subject to hydrolysis) is 1. The van der Waals surface area contributed by atoms with Gasteiger partial charge < -0.3 is 19.9 Å². The quantitative estimate of drug-likeness (QED) is 0.589. The highest BCUT2D eigenvalue weighted by molar-refractivity contribution is 5.86. The standard InChI is InChI=1S/C26H25N5O3/c1-16(28-26(33)34-2)25(32)31-13-3-4-23(31)24-29-20-10-8-18(15-22(20)30-24)6-5-17-7-9-19-11-12-27-21(19)14-17/h7-10,12,14-16,23H,3-4,11,13H2,1-2H3,(H,28,33)(H,29,30)/t16-,23-/m0/s1. The molecule has 2 aliphatic heterocycles. The molecule has 2 atom stereocenters. The molecule has 3 aromatic rings. The molecule has 0 spiro atoms. The third-order valence-electron chi connectivity index (χ3n) is 6.22. The lowest BCUT2D eigenvalue weighted by Gasteiger charge is -2.26. The van der Waals surface area contributed by atoms with E-state index < -0.39 is 12.1 Å². The Morgan fingerprint density at radius 2 is 2.00 bits per heavy atom. The molecule has 8 nitrogen and oxygen atoms in total. The molecule has 2 aliphatic rings. The maximum absolute atomic E-state index is 12.9. The Morgan fingerprint density at radius 1 is 1.21 bits per heavy atom. The van der Waals surface area contributed by atoms with Gasteiger partial charge >= 0.3 is 6.09 Å². The van der Waals surface area contributed by atoms with Crippen LogP contribution in [0.2, 0.25) is 0 Å². The van der Waals surface area contributed by atoms with Crippen molar-refractivity contribution in [2.75, 3.05) is 13.7 Å². The Hall–Kier alpha value is -4.12. The lowest BCUT2D eigenvalue weighted by Crippen LogP contribution is -2.46. The van der Waals surface area contributed by atoms with Gasteiger partial charge in [-0.05, 0) is 55.7 Å². The summed E-state index contributed by atoms with van der Waals surface area (Å²) in [6.07, 6.45) is 3.86. The van der Waals surface area contributed by atoms with Crippen LogP contribution in [-0.2, 0) is 16.0 Å². The Bertz CT molecular complexity index is 1360. The minimum atomic E-state index is -0.677. The summed E-state index contributed by atoms with van der Waals surface area (Å²) in [7, 11) is 1.28. The molecule has 1 aromatic heterocycles. The van der Waals surface area contributed by atoms with Crippen molar-refractivity contribution >= 4 is 34.9 Å². The number of methoxy groups -OCH3 is 1. The highest BCUT2D eigenvalue weighted by Crippen LogP contribution is 2.32. The number of ether oxygens (including phenoxy) is 1. The van der Waals surface area contributed by atoms with Gasteiger partial charge in [-0.3, -0.25) is 9.79 Å². The predicted molar refractivity (Wildman–Crippen MR) is 129 cm³/mol. The Labute approximate surface area is 197 Å². The fourth-order valence-electron chi connectivity index (χ4n) is 4.45. The van der Waals surface area contributed by atoms with Gasteiger partial charge in [0.25, 0.3) is 0 Å². The smallest absolute Gasteiger partial charge is 0.407 e. The van der Waals surface area contributed by atoms with Crippen LogP contribution >= 0.6 is 0 Å². The minimum absolute atomic E-state index is 0.154. The monoisotopic (exact) mass is 455 g/mol. The van der Waals surface area contributed by atoms with E-state index in [1.54, 1.807) is 11.8 Å². The fourth-order valence-corrected chi connectivity index (χ4v) is 4.45. The molecule has 1 fully saturated rings. The maximum Gasteiger partial charge on any atom is 0.407 e. The van der Waals surface area contributed by atoms with E-state index >= 15 is 0 Å². The summed E-state index contributed by atoms with van der Waals surface area (Å²) in [5.74, 6) is 7.03. The summed E-state index contributed by atoms with van der Waals surface area (Å²) in [6.45, 7) is 2.28. The second-order valence-electron chi connectivity index (χ2n) is 8.51. The Morgan fingerprint density at radius 3 is 2.82 bits per heavy atom. The van der Waals surface area contributed by atoms with E-state index in [1.807, 2.05) is 36.5 Å². The van der Waals surface area contributed by atoms with Gasteiger partial charge in [-0.15, -0.1) is 0 Å². The van der Waals surface area contributed by atoms with Crippen LogP contribution in [0.25, 0.3) is 11.0 Å². The zero-order valence-electron chi connectivity index (χ0n) is 19.1. The number of hydrogen-bond acceptors (Lipinski definition) is 5. The van der Waals surface area contributed by atoms with Gasteiger partial charge in [0.1, 0.15) is 11.9 Å². The molecular weight excluding hydrogens is 430 g/mol. The van der Waals surface area contributed by atoms with Crippen molar-refractivity contribution in [3.63, 3.8) is 0 Å². The van der Waals surface area contributed by atoms with E-state index in [0.29, 0.717) is 6.54 Å². The number of H-pyrrole nitrogens is 1. The van der Waals surface area contributed by atoms with Crippen molar-refractivity contribution in [1.29, 1.82) is 0 Å². The molecule has 0 bridgehead atoms. The van der Waals surface area contributed by atoms with Gasteiger partial charge in [0.2, 0.25) is 5.91 Å². The van der Waals surface area contributed by atoms with Crippen molar-refractivity contribution < 1.29 is 14.3 Å². The highest BCUT2D eigenvalue weighted by Gasteiger charge is 2.34. The van der Waals surface area contributed by atoms with E-state index in [4.69, 9.17) is 4.98 Å². The van der Waals surface area contributed by atoms with Crippen LogP contribution in [0.4, 0.5) is 10.5 Å². The summed E-state index contributed by atoms with van der Waals surface area (Å²) >= 11 is 0. The highest BCUT2D eigenvalue weighted by atomic mass is 16.5. The molecule has 2 amide bonds. The third kappa shape index (κ3) is 4.25. The lowest BCUT2D eigenvalue weighted by atomic mass is 10.1. The molecule has 34 heavy (non-hydrogen) atoms. The van der Waals surface area contributed by atoms with Crippen LogP contribution in [0.3, 0.4) is 0 Å². The number of nitrogens with one attached hydrogen (secondary N) is 2. The van der Waals surface area contributed by atoms with E-state index in [1.165, 1.54) is 12.7 Å². The molecule has 0 unspecified atom stereocenters. The molecule has 2 N–H and O–H groups in total. The van der Waals surface area contributed by atoms with Crippen molar-refractivity contribution in [1.82, 2.24) is 20.2 Å². The second-order valence-corrected chi connectivity index (χ2v) is 8.51. The van der Waals surface area contributed by atoms with Crippen molar-refractivity contribution in [3.8, 4) is 11.8 Å². The Balaban J connectivity index is 1.35. The minimum Gasteiger partial charge on any atom is -0.453 e. The SMILES string of the molecule is COC(=O)N[C@@H](C)C(=O)N1CCC[C@H]1c1nc2ccc(C#Cc3ccc4c(c3)N=CC4)cc2[nH]1. The number of benzene rings is 2. The van der Waals surface area contributed by atoms with Gasteiger partial charge in [-0.2, -0.15) is 0 Å². The van der Waals surface area contributed by atoms with Crippen molar-refractivity contribution in [2.24, 2.45) is 4.99 Å². The van der Waals surface area contributed by atoms with Crippen molar-refractivity contribution in [3.05, 3.63) is 58.9 Å². The Kier molecular flexibility index (Phi) is 5.76. The first-order valence-electron chi connectivity index (χ1n) is 11.3. The van der Waals surface area contributed by atoms with Crippen LogP contribution < -0.4 is 5.32 Å². The van der Waals surface area contributed by atoms with E-state index in [0.717, 1.165) is 52.9 Å². The summed E-state index contributed by atoms with van der Waals surface area (Å²) in [5.41, 5.74) is 5.73. The lowest BCUT2D eigenvalue weighted by molar-refractivity contribution is -0.134. The largest absolute Gasteiger partial charge is 0.453 e. The number of rotatable bonds is 3. The third-order valence-corrected chi connectivity index (χ3v) is 6.22. The fraction of sp³-hybridized carbons (Fsp3) is 0.308. The number of likely N-dealkylation sites (tertiary alicyclic amines) is 1. The summed E-state index contributed by atoms with van der Waals surface area (Å²) in [5, 5.41) is 2.55. The molecule has 0 radical (unpaired) electrons. The molecule has 172 valence electrons. The summed E-state index contributed by atoms with van der Waals surface area (Å²) in [4.78, 5) is 38.7. The van der Waals surface area contributed by atoms with Crippen LogP contribution in [0.5, 0.6) is 0 Å². The number of amides is 2. The summed E-state index contributed by atoms with van der Waals surface area (Å²) in [6, 6.07) is 11.1. The molecule has 8 heteroatoms. The molecule has 3 heterocycles. The topological polar surface area (TPSA) is 99.7 Å². The number of aliphatic imine (C=N–C) groups is 1. The first kappa shape index (κ1) is 21.7. The van der Waals surface area contributed by atoms with E-state index in [-0.39, 0.29) is 11.9 Å². The number of imidazole rings is 1. The molecule has 2 aromatic carbocycles. The number of nitrogens with zero attached hydrogens (tertiary/aromatic N) is 3. The normalized spacial score (nSPS) is 17.2. The molecule has 5 rings (SSSR count). The van der Waals surface area contributed by atoms with E-state index in [9.17, 15) is 9.59 Å². The number of fused-ring (bicyclic) bond motifs is 2. The number of aromatic amines is 1. The van der Waals surface area contributed by atoms with Gasteiger partial charge in [0, 0.05) is 30.3 Å². The summed E-state index contributed by atoms with van der Waals surface area (Å²) < 4.78 is 4.61. The maximum atomic E-state index is 12.9. The van der Waals surface area contributed by atoms with Gasteiger partial charge in [0.05, 0.1) is 29.9 Å². The first-order chi connectivity index (χ1) is 16.5. The molecule has 0 aliphatic carbocycles. The van der Waals surface area contributed by atoms with Crippen LogP contribution in [-0.4, -0.2) is 52.8 Å². The number of carbonyl (C=O) groups excluding carboxylic acids is 2. The molecule has 1 saturated heterocycles. The van der Waals surface area contributed by atoms with Crippen LogP contribution in [0.1, 0.15) is 48.3 Å². The number of carbonyl (C=O) groups is 2. The number of aromatic nitrogens is 2. The van der Waals surface area contributed by atoms with Crippen LogP contribution in [0.15, 0.2) is 41.4 Å². The zero-order chi connectivity index (χ0) is 23.7. The number of hydrogen-bond donors (Lipinski definition) is 2. The van der Waals surface area contributed by atoms with Gasteiger partial charge in [-0.25, -0.2) is 9.78 Å². The van der Waals surface area contributed by atoms with E-state index in [2.05, 4.69) is 37.9 Å². The second kappa shape index (κ2) is 9.02. The van der Waals surface area contributed by atoms with Gasteiger partial charge in [-0.1, -0.05) is 17.9 Å². The van der Waals surface area contributed by atoms with Crippen molar-refractivity contribution in [2.45, 2.75) is 38.3 Å². The predicted octanol–water partition coefficient (Wildman–Crippen LogP) is 3.63. The average molecular weight is 456 g/mol.